The molecule has 0 aromatic carbocycles. The predicted octanol–water partition coefficient (Wildman–Crippen LogP) is 1.59. The molecule has 3 unspecified atom stereocenters. The Balaban J connectivity index is 1.85. The number of aliphatic hydroxyl groups excluding tert-OH is 1. The van der Waals surface area contributed by atoms with Crippen LogP contribution in [-0.4, -0.2) is 41.4 Å². The van der Waals surface area contributed by atoms with E-state index < -0.39 is 5.60 Å². The van der Waals surface area contributed by atoms with Crippen molar-refractivity contribution in [2.45, 2.75) is 69.4 Å². The summed E-state index contributed by atoms with van der Waals surface area (Å²) in [6.45, 7) is 0.904. The summed E-state index contributed by atoms with van der Waals surface area (Å²) in [5.41, 5.74) is -0.746. The van der Waals surface area contributed by atoms with Gasteiger partial charge in [-0.2, -0.15) is 0 Å². The van der Waals surface area contributed by atoms with E-state index in [-0.39, 0.29) is 19.0 Å². The van der Waals surface area contributed by atoms with Gasteiger partial charge < -0.3 is 19.7 Å². The lowest BCUT2D eigenvalue weighted by atomic mass is 9.94. The van der Waals surface area contributed by atoms with Crippen LogP contribution < -0.4 is 0 Å². The zero-order chi connectivity index (χ0) is 12.1. The topological polar surface area (TPSA) is 58.9 Å². The Morgan fingerprint density at radius 2 is 2.12 bits per heavy atom. The summed E-state index contributed by atoms with van der Waals surface area (Å²) in [6.07, 6.45) is 6.90. The van der Waals surface area contributed by atoms with Gasteiger partial charge in [-0.1, -0.05) is 0 Å². The fourth-order valence-corrected chi connectivity index (χ4v) is 2.89. The van der Waals surface area contributed by atoms with Crippen LogP contribution >= 0.6 is 0 Å². The standard InChI is InChI=1S/C13H24O4/c14-9-4-8-13(15)7-3-5-11(13)17-12-6-1-2-10-16-12/h11-12,14-15H,1-10H2. The molecular formula is C13H24O4. The second kappa shape index (κ2) is 6.14. The number of hydrogen-bond acceptors (Lipinski definition) is 4. The minimum atomic E-state index is -0.746. The molecule has 4 nitrogen and oxygen atoms in total. The van der Waals surface area contributed by atoms with E-state index in [4.69, 9.17) is 14.6 Å². The molecule has 0 spiro atoms. The maximum atomic E-state index is 10.5. The van der Waals surface area contributed by atoms with Crippen molar-refractivity contribution in [1.82, 2.24) is 0 Å². The molecule has 0 amide bonds. The van der Waals surface area contributed by atoms with Gasteiger partial charge in [-0.25, -0.2) is 0 Å². The van der Waals surface area contributed by atoms with Gasteiger partial charge in [0.1, 0.15) is 0 Å². The third kappa shape index (κ3) is 3.41. The summed E-state index contributed by atoms with van der Waals surface area (Å²) in [7, 11) is 0. The van der Waals surface area contributed by atoms with Crippen molar-refractivity contribution < 1.29 is 19.7 Å². The van der Waals surface area contributed by atoms with E-state index in [2.05, 4.69) is 0 Å². The van der Waals surface area contributed by atoms with Crippen molar-refractivity contribution in [2.75, 3.05) is 13.2 Å². The average Bonchev–Trinajstić information content (AvgIpc) is 2.70. The first kappa shape index (κ1) is 13.3. The highest BCUT2D eigenvalue weighted by Crippen LogP contribution is 2.37. The van der Waals surface area contributed by atoms with Gasteiger partial charge in [-0.3, -0.25) is 0 Å². The summed E-state index contributed by atoms with van der Waals surface area (Å²) < 4.78 is 11.5. The van der Waals surface area contributed by atoms with E-state index in [9.17, 15) is 5.11 Å². The van der Waals surface area contributed by atoms with E-state index in [1.807, 2.05) is 0 Å². The van der Waals surface area contributed by atoms with Gasteiger partial charge in [-0.05, 0) is 51.4 Å². The van der Waals surface area contributed by atoms with Crippen LogP contribution in [0.15, 0.2) is 0 Å². The van der Waals surface area contributed by atoms with Gasteiger partial charge in [0.15, 0.2) is 6.29 Å². The zero-order valence-corrected chi connectivity index (χ0v) is 10.4. The first-order valence-electron chi connectivity index (χ1n) is 6.85. The smallest absolute Gasteiger partial charge is 0.158 e. The highest BCUT2D eigenvalue weighted by Gasteiger charge is 2.42. The normalized spacial score (nSPS) is 38.5. The fourth-order valence-electron chi connectivity index (χ4n) is 2.89. The van der Waals surface area contributed by atoms with Crippen LogP contribution in [0, 0.1) is 0 Å². The van der Waals surface area contributed by atoms with E-state index in [0.717, 1.165) is 45.1 Å². The Morgan fingerprint density at radius 3 is 2.82 bits per heavy atom. The number of aliphatic hydroxyl groups is 2. The van der Waals surface area contributed by atoms with Crippen LogP contribution in [0.2, 0.25) is 0 Å². The van der Waals surface area contributed by atoms with E-state index in [0.29, 0.717) is 12.8 Å². The third-order valence-electron chi connectivity index (χ3n) is 3.90. The average molecular weight is 244 g/mol. The fraction of sp³-hybridized carbons (Fsp3) is 1.00. The van der Waals surface area contributed by atoms with Crippen LogP contribution in [0.5, 0.6) is 0 Å². The summed E-state index contributed by atoms with van der Waals surface area (Å²) in [5.74, 6) is 0. The van der Waals surface area contributed by atoms with Crippen molar-refractivity contribution in [3.8, 4) is 0 Å². The maximum Gasteiger partial charge on any atom is 0.158 e. The quantitative estimate of drug-likeness (QED) is 0.771. The molecule has 4 heteroatoms. The van der Waals surface area contributed by atoms with Crippen molar-refractivity contribution in [2.24, 2.45) is 0 Å². The molecule has 2 N–H and O–H groups in total. The largest absolute Gasteiger partial charge is 0.396 e. The van der Waals surface area contributed by atoms with Gasteiger partial charge in [0.25, 0.3) is 0 Å². The van der Waals surface area contributed by atoms with Crippen LogP contribution in [0.3, 0.4) is 0 Å². The molecule has 0 aromatic rings. The molecule has 0 aromatic heterocycles. The lowest BCUT2D eigenvalue weighted by Crippen LogP contribution is -2.42. The summed E-state index contributed by atoms with van der Waals surface area (Å²) in [6, 6.07) is 0. The highest BCUT2D eigenvalue weighted by molar-refractivity contribution is 4.93. The Morgan fingerprint density at radius 1 is 1.24 bits per heavy atom. The Bertz CT molecular complexity index is 227. The molecule has 1 heterocycles. The monoisotopic (exact) mass is 244 g/mol. The van der Waals surface area contributed by atoms with Gasteiger partial charge in [-0.15, -0.1) is 0 Å². The second-order valence-corrected chi connectivity index (χ2v) is 5.24. The Hall–Kier alpha value is -0.160. The molecule has 0 bridgehead atoms. The van der Waals surface area contributed by atoms with Crippen molar-refractivity contribution >= 4 is 0 Å². The van der Waals surface area contributed by atoms with Crippen molar-refractivity contribution in [3.63, 3.8) is 0 Å². The predicted molar refractivity (Wildman–Crippen MR) is 63.6 cm³/mol. The highest BCUT2D eigenvalue weighted by atomic mass is 16.7. The summed E-state index contributed by atoms with van der Waals surface area (Å²) in [5, 5.41) is 19.4. The molecule has 0 radical (unpaired) electrons. The SMILES string of the molecule is OCCCC1(O)CCCC1OC1CCCCO1. The molecule has 17 heavy (non-hydrogen) atoms. The molecule has 1 aliphatic heterocycles. The van der Waals surface area contributed by atoms with Gasteiger partial charge >= 0.3 is 0 Å². The van der Waals surface area contributed by atoms with Gasteiger partial charge in [0.2, 0.25) is 0 Å². The summed E-state index contributed by atoms with van der Waals surface area (Å²) in [4.78, 5) is 0. The molecule has 2 rings (SSSR count). The lowest BCUT2D eigenvalue weighted by Gasteiger charge is -2.34. The molecule has 2 fully saturated rings. The Kier molecular flexibility index (Phi) is 4.79. The maximum absolute atomic E-state index is 10.5. The molecule has 3 atom stereocenters. The first-order valence-corrected chi connectivity index (χ1v) is 6.85. The molecule has 1 aliphatic carbocycles. The second-order valence-electron chi connectivity index (χ2n) is 5.24. The number of ether oxygens (including phenoxy) is 2. The minimum absolute atomic E-state index is 0.114. The third-order valence-corrected chi connectivity index (χ3v) is 3.90. The van der Waals surface area contributed by atoms with Crippen LogP contribution in [0.25, 0.3) is 0 Å². The van der Waals surface area contributed by atoms with Gasteiger partial charge in [0, 0.05) is 13.2 Å². The van der Waals surface area contributed by atoms with Crippen LogP contribution in [-0.2, 0) is 9.47 Å². The van der Waals surface area contributed by atoms with Crippen molar-refractivity contribution in [3.05, 3.63) is 0 Å². The first-order chi connectivity index (χ1) is 8.24. The van der Waals surface area contributed by atoms with Crippen molar-refractivity contribution in [1.29, 1.82) is 0 Å². The number of hydrogen-bond donors (Lipinski definition) is 2. The molecule has 1 saturated heterocycles. The minimum Gasteiger partial charge on any atom is -0.396 e. The zero-order valence-electron chi connectivity index (χ0n) is 10.4. The van der Waals surface area contributed by atoms with Crippen LogP contribution in [0.1, 0.15) is 51.4 Å². The summed E-state index contributed by atoms with van der Waals surface area (Å²) >= 11 is 0. The molecule has 2 aliphatic rings. The van der Waals surface area contributed by atoms with Gasteiger partial charge in [0.05, 0.1) is 11.7 Å². The van der Waals surface area contributed by atoms with E-state index in [1.54, 1.807) is 0 Å². The molecule has 100 valence electrons. The Labute approximate surface area is 103 Å². The number of rotatable bonds is 5. The van der Waals surface area contributed by atoms with E-state index in [1.165, 1.54) is 0 Å². The molecular weight excluding hydrogens is 220 g/mol. The van der Waals surface area contributed by atoms with Crippen LogP contribution in [0.4, 0.5) is 0 Å². The lowest BCUT2D eigenvalue weighted by molar-refractivity contribution is -0.221. The molecule has 1 saturated carbocycles. The van der Waals surface area contributed by atoms with E-state index >= 15 is 0 Å².